The molecule has 3 N–H and O–H groups in total. The first-order chi connectivity index (χ1) is 7.85. The first kappa shape index (κ1) is 13.8. The van der Waals surface area contributed by atoms with Gasteiger partial charge in [-0.3, -0.25) is 4.79 Å². The largest absolute Gasteiger partial charge is 0.409 e. The monoisotopic (exact) mass is 241 g/mol. The standard InChI is InChI=1S/C12H23N3O2/c1-8(2)7-15(9(3)4)11(16)12(5-6-12)10(13)14-17/h8-9,17H,5-7H2,1-4H3,(H2,13,14). The zero-order valence-corrected chi connectivity index (χ0v) is 11.1. The van der Waals surface area contributed by atoms with Crippen LogP contribution in [-0.4, -0.2) is 34.4 Å². The molecule has 1 rings (SSSR count). The summed E-state index contributed by atoms with van der Waals surface area (Å²) >= 11 is 0. The van der Waals surface area contributed by atoms with E-state index < -0.39 is 5.41 Å². The lowest BCUT2D eigenvalue weighted by Gasteiger charge is -2.31. The number of carbonyl (C=O) groups excluding carboxylic acids is 1. The van der Waals surface area contributed by atoms with Crippen LogP contribution in [0, 0.1) is 11.3 Å². The van der Waals surface area contributed by atoms with Crippen molar-refractivity contribution in [2.75, 3.05) is 6.54 Å². The van der Waals surface area contributed by atoms with Gasteiger partial charge in [0, 0.05) is 12.6 Å². The average molecular weight is 241 g/mol. The molecule has 5 nitrogen and oxygen atoms in total. The molecule has 0 heterocycles. The summed E-state index contributed by atoms with van der Waals surface area (Å²) in [5, 5.41) is 11.8. The lowest BCUT2D eigenvalue weighted by molar-refractivity contribution is -0.136. The van der Waals surface area contributed by atoms with Crippen molar-refractivity contribution >= 4 is 11.7 Å². The molecule has 0 aliphatic heterocycles. The number of nitrogens with two attached hydrogens (primary N) is 1. The summed E-state index contributed by atoms with van der Waals surface area (Å²) in [6, 6.07) is 0.133. The molecule has 1 aliphatic rings. The molecule has 0 aromatic rings. The highest BCUT2D eigenvalue weighted by Crippen LogP contribution is 2.47. The van der Waals surface area contributed by atoms with Crippen LogP contribution in [0.15, 0.2) is 5.16 Å². The minimum absolute atomic E-state index is 0.00324. The van der Waals surface area contributed by atoms with Crippen molar-refractivity contribution in [3.63, 3.8) is 0 Å². The highest BCUT2D eigenvalue weighted by atomic mass is 16.4. The third-order valence-corrected chi connectivity index (χ3v) is 3.20. The van der Waals surface area contributed by atoms with Crippen molar-refractivity contribution in [1.82, 2.24) is 4.90 Å². The maximum Gasteiger partial charge on any atom is 0.236 e. The van der Waals surface area contributed by atoms with E-state index in [0.717, 1.165) is 0 Å². The van der Waals surface area contributed by atoms with E-state index >= 15 is 0 Å². The van der Waals surface area contributed by atoms with Crippen LogP contribution in [0.1, 0.15) is 40.5 Å². The molecule has 1 aliphatic carbocycles. The lowest BCUT2D eigenvalue weighted by atomic mass is 10.0. The number of amides is 1. The van der Waals surface area contributed by atoms with Gasteiger partial charge in [0.15, 0.2) is 5.84 Å². The number of hydrogen-bond acceptors (Lipinski definition) is 3. The Bertz CT molecular complexity index is 320. The van der Waals surface area contributed by atoms with Gasteiger partial charge in [0.2, 0.25) is 5.91 Å². The van der Waals surface area contributed by atoms with Crippen molar-refractivity contribution < 1.29 is 10.0 Å². The normalized spacial score (nSPS) is 18.6. The van der Waals surface area contributed by atoms with Crippen molar-refractivity contribution in [2.45, 2.75) is 46.6 Å². The second-order valence-electron chi connectivity index (χ2n) is 5.51. The number of nitrogens with zero attached hydrogens (tertiary/aromatic N) is 2. The summed E-state index contributed by atoms with van der Waals surface area (Å²) < 4.78 is 0. The Morgan fingerprint density at radius 2 is 1.94 bits per heavy atom. The molecule has 0 unspecified atom stereocenters. The van der Waals surface area contributed by atoms with Crippen molar-refractivity contribution in [1.29, 1.82) is 0 Å². The Labute approximate surface area is 103 Å². The summed E-state index contributed by atoms with van der Waals surface area (Å²) in [6.07, 6.45) is 1.37. The van der Waals surface area contributed by atoms with Gasteiger partial charge in [0.1, 0.15) is 5.41 Å². The van der Waals surface area contributed by atoms with Gasteiger partial charge in [-0.25, -0.2) is 0 Å². The first-order valence-corrected chi connectivity index (χ1v) is 6.14. The molecule has 1 saturated carbocycles. The second kappa shape index (κ2) is 4.94. The molecule has 1 amide bonds. The third kappa shape index (κ3) is 2.70. The number of hydrogen-bond donors (Lipinski definition) is 2. The van der Waals surface area contributed by atoms with Crippen LogP contribution in [0.25, 0.3) is 0 Å². The molecule has 0 bridgehead atoms. The number of amidine groups is 1. The topological polar surface area (TPSA) is 78.9 Å². The fourth-order valence-electron chi connectivity index (χ4n) is 2.00. The van der Waals surface area contributed by atoms with Gasteiger partial charge in [-0.2, -0.15) is 0 Å². The Balaban J connectivity index is 2.86. The molecule has 17 heavy (non-hydrogen) atoms. The molecule has 0 aromatic carbocycles. The molecule has 5 heteroatoms. The smallest absolute Gasteiger partial charge is 0.236 e. The number of oxime groups is 1. The summed E-state index contributed by atoms with van der Waals surface area (Å²) in [4.78, 5) is 14.3. The SMILES string of the molecule is CC(C)CN(C(=O)C1(C(N)=NO)CC1)C(C)C. The van der Waals surface area contributed by atoms with E-state index in [2.05, 4.69) is 19.0 Å². The molecular formula is C12H23N3O2. The number of rotatable bonds is 5. The van der Waals surface area contributed by atoms with E-state index in [0.29, 0.717) is 25.3 Å². The Hall–Kier alpha value is -1.26. The van der Waals surface area contributed by atoms with Gasteiger partial charge >= 0.3 is 0 Å². The van der Waals surface area contributed by atoms with Gasteiger partial charge in [-0.15, -0.1) is 0 Å². The van der Waals surface area contributed by atoms with E-state index in [1.807, 2.05) is 18.7 Å². The summed E-state index contributed by atoms with van der Waals surface area (Å²) in [7, 11) is 0. The summed E-state index contributed by atoms with van der Waals surface area (Å²) in [5.74, 6) is 0.456. The highest BCUT2D eigenvalue weighted by molar-refractivity contribution is 6.09. The van der Waals surface area contributed by atoms with Gasteiger partial charge in [-0.05, 0) is 32.6 Å². The van der Waals surface area contributed by atoms with Gasteiger partial charge in [0.25, 0.3) is 0 Å². The van der Waals surface area contributed by atoms with Crippen LogP contribution >= 0.6 is 0 Å². The van der Waals surface area contributed by atoms with Gasteiger partial charge < -0.3 is 15.8 Å². The van der Waals surface area contributed by atoms with Crippen molar-refractivity contribution in [3.8, 4) is 0 Å². The van der Waals surface area contributed by atoms with Crippen LogP contribution in [-0.2, 0) is 4.79 Å². The Kier molecular flexibility index (Phi) is 4.01. The quantitative estimate of drug-likeness (QED) is 0.330. The molecule has 98 valence electrons. The first-order valence-electron chi connectivity index (χ1n) is 6.14. The zero-order chi connectivity index (χ0) is 13.2. The Morgan fingerprint density at radius 3 is 2.24 bits per heavy atom. The minimum atomic E-state index is -0.728. The lowest BCUT2D eigenvalue weighted by Crippen LogP contribution is -2.47. The predicted octanol–water partition coefficient (Wildman–Crippen LogP) is 1.41. The molecule has 0 atom stereocenters. The molecule has 0 spiro atoms. The van der Waals surface area contributed by atoms with Crippen LogP contribution < -0.4 is 5.73 Å². The predicted molar refractivity (Wildman–Crippen MR) is 66.8 cm³/mol. The maximum absolute atomic E-state index is 12.5. The van der Waals surface area contributed by atoms with Gasteiger partial charge in [0.05, 0.1) is 0 Å². The van der Waals surface area contributed by atoms with Crippen LogP contribution in [0.5, 0.6) is 0 Å². The zero-order valence-electron chi connectivity index (χ0n) is 11.1. The number of carbonyl (C=O) groups is 1. The molecule has 0 saturated heterocycles. The van der Waals surface area contributed by atoms with Crippen LogP contribution in [0.3, 0.4) is 0 Å². The third-order valence-electron chi connectivity index (χ3n) is 3.20. The van der Waals surface area contributed by atoms with E-state index in [9.17, 15) is 4.79 Å². The Morgan fingerprint density at radius 1 is 1.41 bits per heavy atom. The van der Waals surface area contributed by atoms with E-state index in [4.69, 9.17) is 10.9 Å². The fourth-order valence-corrected chi connectivity index (χ4v) is 2.00. The average Bonchev–Trinajstić information content (AvgIpc) is 3.04. The highest BCUT2D eigenvalue weighted by Gasteiger charge is 2.56. The summed E-state index contributed by atoms with van der Waals surface area (Å²) in [6.45, 7) is 8.83. The second-order valence-corrected chi connectivity index (χ2v) is 5.51. The van der Waals surface area contributed by atoms with Gasteiger partial charge in [-0.1, -0.05) is 19.0 Å². The molecule has 0 radical (unpaired) electrons. The van der Waals surface area contributed by atoms with Crippen molar-refractivity contribution in [3.05, 3.63) is 0 Å². The minimum Gasteiger partial charge on any atom is -0.409 e. The van der Waals surface area contributed by atoms with E-state index in [1.165, 1.54) is 0 Å². The molecule has 0 aromatic heterocycles. The van der Waals surface area contributed by atoms with Crippen molar-refractivity contribution in [2.24, 2.45) is 22.2 Å². The van der Waals surface area contributed by atoms with E-state index in [1.54, 1.807) is 0 Å². The summed E-state index contributed by atoms with van der Waals surface area (Å²) in [5.41, 5.74) is 4.91. The molecule has 1 fully saturated rings. The molecular weight excluding hydrogens is 218 g/mol. The van der Waals surface area contributed by atoms with E-state index in [-0.39, 0.29) is 17.8 Å². The van der Waals surface area contributed by atoms with Crippen LogP contribution in [0.4, 0.5) is 0 Å². The fraction of sp³-hybridized carbons (Fsp3) is 0.833. The van der Waals surface area contributed by atoms with Crippen LogP contribution in [0.2, 0.25) is 0 Å². The maximum atomic E-state index is 12.5.